The molecule has 6 heteroatoms. The standard InChI is InChI=1S/C23H23N3O3/c1-2-5-21(26-22(27)16-9-10-16)19(23(28)29)12-15-8-11-20(25-14-15)18-7-4-3-6-17(18)13-24/h3-4,6-8,11,14,16H,2,5,9-10,12H2,1H3,(H,26,27)(H,28,29)/b21-19-. The van der Waals surface area contributed by atoms with Crippen molar-refractivity contribution in [1.29, 1.82) is 5.26 Å². The summed E-state index contributed by atoms with van der Waals surface area (Å²) in [5.74, 6) is -1.12. The molecule has 1 amide bonds. The van der Waals surface area contributed by atoms with Gasteiger partial charge in [-0.05, 0) is 37.0 Å². The van der Waals surface area contributed by atoms with Gasteiger partial charge in [0.2, 0.25) is 5.91 Å². The second-order valence-corrected chi connectivity index (χ2v) is 7.16. The lowest BCUT2D eigenvalue weighted by Gasteiger charge is -2.14. The van der Waals surface area contributed by atoms with Crippen LogP contribution >= 0.6 is 0 Å². The number of aromatic nitrogens is 1. The van der Waals surface area contributed by atoms with Crippen molar-refractivity contribution in [3.63, 3.8) is 0 Å². The Kier molecular flexibility index (Phi) is 6.40. The molecule has 148 valence electrons. The van der Waals surface area contributed by atoms with E-state index in [-0.39, 0.29) is 23.8 Å². The van der Waals surface area contributed by atoms with Gasteiger partial charge in [0.25, 0.3) is 0 Å². The van der Waals surface area contributed by atoms with Gasteiger partial charge in [-0.15, -0.1) is 0 Å². The zero-order valence-electron chi connectivity index (χ0n) is 16.3. The van der Waals surface area contributed by atoms with Crippen LogP contribution in [0.1, 0.15) is 43.7 Å². The largest absolute Gasteiger partial charge is 0.478 e. The molecule has 1 aromatic carbocycles. The average molecular weight is 389 g/mol. The molecule has 0 aliphatic heterocycles. The lowest BCUT2D eigenvalue weighted by molar-refractivity contribution is -0.132. The SMILES string of the molecule is CCC/C(NC(=O)C1CC1)=C(\Cc1ccc(-c2ccccc2C#N)nc1)C(=O)O. The van der Waals surface area contributed by atoms with Crippen LogP contribution < -0.4 is 5.32 Å². The molecule has 3 rings (SSSR count). The highest BCUT2D eigenvalue weighted by atomic mass is 16.4. The van der Waals surface area contributed by atoms with Crippen molar-refractivity contribution in [3.8, 4) is 17.3 Å². The van der Waals surface area contributed by atoms with Crippen molar-refractivity contribution in [2.45, 2.75) is 39.0 Å². The van der Waals surface area contributed by atoms with Crippen LogP contribution in [0.2, 0.25) is 0 Å². The lowest BCUT2D eigenvalue weighted by atomic mass is 10.0. The van der Waals surface area contributed by atoms with Crippen LogP contribution in [0.3, 0.4) is 0 Å². The number of hydrogen-bond donors (Lipinski definition) is 2. The number of benzene rings is 1. The van der Waals surface area contributed by atoms with Crippen LogP contribution in [0.4, 0.5) is 0 Å². The summed E-state index contributed by atoms with van der Waals surface area (Å²) in [6.45, 7) is 1.95. The van der Waals surface area contributed by atoms with Crippen LogP contribution in [0.15, 0.2) is 53.9 Å². The first-order valence-electron chi connectivity index (χ1n) is 9.74. The third-order valence-electron chi connectivity index (χ3n) is 4.87. The third kappa shape index (κ3) is 5.08. The summed E-state index contributed by atoms with van der Waals surface area (Å²) < 4.78 is 0. The summed E-state index contributed by atoms with van der Waals surface area (Å²) in [7, 11) is 0. The molecular formula is C23H23N3O3. The summed E-state index contributed by atoms with van der Waals surface area (Å²) in [5.41, 5.74) is 3.33. The zero-order valence-corrected chi connectivity index (χ0v) is 16.3. The number of amides is 1. The molecule has 0 atom stereocenters. The minimum absolute atomic E-state index is 0.0121. The minimum atomic E-state index is -1.04. The van der Waals surface area contributed by atoms with Crippen molar-refractivity contribution in [2.75, 3.05) is 0 Å². The molecule has 1 saturated carbocycles. The Morgan fingerprint density at radius 2 is 2.00 bits per heavy atom. The van der Waals surface area contributed by atoms with E-state index >= 15 is 0 Å². The summed E-state index contributed by atoms with van der Waals surface area (Å²) >= 11 is 0. The van der Waals surface area contributed by atoms with E-state index in [0.717, 1.165) is 30.4 Å². The Hall–Kier alpha value is -3.46. The highest BCUT2D eigenvalue weighted by molar-refractivity contribution is 5.90. The average Bonchev–Trinajstić information content (AvgIpc) is 3.57. The molecule has 6 nitrogen and oxygen atoms in total. The fourth-order valence-corrected chi connectivity index (χ4v) is 3.14. The van der Waals surface area contributed by atoms with E-state index in [1.165, 1.54) is 0 Å². The van der Waals surface area contributed by atoms with Crippen molar-refractivity contribution in [3.05, 3.63) is 65.0 Å². The Balaban J connectivity index is 1.85. The van der Waals surface area contributed by atoms with Gasteiger partial charge in [-0.2, -0.15) is 5.26 Å². The minimum Gasteiger partial charge on any atom is -0.478 e. The van der Waals surface area contributed by atoms with Gasteiger partial charge in [-0.1, -0.05) is 37.6 Å². The second kappa shape index (κ2) is 9.16. The van der Waals surface area contributed by atoms with Crippen molar-refractivity contribution < 1.29 is 14.7 Å². The molecule has 0 saturated heterocycles. The van der Waals surface area contributed by atoms with Gasteiger partial charge in [0, 0.05) is 29.8 Å². The highest BCUT2D eigenvalue weighted by Gasteiger charge is 2.30. The lowest BCUT2D eigenvalue weighted by Crippen LogP contribution is -2.27. The van der Waals surface area contributed by atoms with Gasteiger partial charge < -0.3 is 10.4 Å². The van der Waals surface area contributed by atoms with Crippen molar-refractivity contribution in [2.24, 2.45) is 5.92 Å². The zero-order chi connectivity index (χ0) is 20.8. The van der Waals surface area contributed by atoms with Gasteiger partial charge >= 0.3 is 5.97 Å². The maximum Gasteiger partial charge on any atom is 0.333 e. The number of nitrogens with one attached hydrogen (secondary N) is 1. The summed E-state index contributed by atoms with van der Waals surface area (Å²) in [6, 6.07) is 13.0. The quantitative estimate of drug-likeness (QED) is 0.668. The normalized spacial score (nSPS) is 13.9. The number of pyridine rings is 1. The number of rotatable bonds is 8. The maximum absolute atomic E-state index is 12.2. The van der Waals surface area contributed by atoms with E-state index in [2.05, 4.69) is 16.4 Å². The van der Waals surface area contributed by atoms with Crippen molar-refractivity contribution in [1.82, 2.24) is 10.3 Å². The molecule has 0 bridgehead atoms. The van der Waals surface area contributed by atoms with E-state index < -0.39 is 5.97 Å². The van der Waals surface area contributed by atoms with Crippen LogP contribution in [-0.4, -0.2) is 22.0 Å². The van der Waals surface area contributed by atoms with Gasteiger partial charge in [0.15, 0.2) is 0 Å². The van der Waals surface area contributed by atoms with Gasteiger partial charge in [0.05, 0.1) is 22.9 Å². The first kappa shape index (κ1) is 20.3. The third-order valence-corrected chi connectivity index (χ3v) is 4.87. The topological polar surface area (TPSA) is 103 Å². The Labute approximate surface area is 169 Å². The molecule has 1 aliphatic carbocycles. The fourth-order valence-electron chi connectivity index (χ4n) is 3.14. The molecule has 1 fully saturated rings. The van der Waals surface area contributed by atoms with E-state index in [9.17, 15) is 20.0 Å². The number of carboxylic acid groups (broad SMARTS) is 1. The number of carbonyl (C=O) groups excluding carboxylic acids is 1. The van der Waals surface area contributed by atoms with E-state index in [1.54, 1.807) is 24.4 Å². The summed E-state index contributed by atoms with van der Waals surface area (Å²) in [5, 5.41) is 21.8. The van der Waals surface area contributed by atoms with Gasteiger partial charge in [-0.3, -0.25) is 9.78 Å². The maximum atomic E-state index is 12.2. The monoisotopic (exact) mass is 389 g/mol. The first-order chi connectivity index (χ1) is 14.0. The molecule has 1 aromatic heterocycles. The predicted molar refractivity (Wildman–Crippen MR) is 109 cm³/mol. The van der Waals surface area contributed by atoms with E-state index in [4.69, 9.17) is 0 Å². The molecular weight excluding hydrogens is 366 g/mol. The number of nitrogens with zero attached hydrogens (tertiary/aromatic N) is 2. The molecule has 2 N–H and O–H groups in total. The van der Waals surface area contributed by atoms with Gasteiger partial charge in [0.1, 0.15) is 0 Å². The van der Waals surface area contributed by atoms with Crippen LogP contribution in [0, 0.1) is 17.2 Å². The molecule has 29 heavy (non-hydrogen) atoms. The smallest absolute Gasteiger partial charge is 0.333 e. The Morgan fingerprint density at radius 3 is 2.59 bits per heavy atom. The van der Waals surface area contributed by atoms with Crippen molar-refractivity contribution >= 4 is 11.9 Å². The Bertz CT molecular complexity index is 983. The number of carboxylic acids is 1. The van der Waals surface area contributed by atoms with Gasteiger partial charge in [-0.25, -0.2) is 4.79 Å². The molecule has 0 radical (unpaired) electrons. The number of hydrogen-bond acceptors (Lipinski definition) is 4. The summed E-state index contributed by atoms with van der Waals surface area (Å²) in [6.07, 6.45) is 4.76. The van der Waals surface area contributed by atoms with E-state index in [1.807, 2.05) is 25.1 Å². The number of carbonyl (C=O) groups is 2. The molecule has 2 aromatic rings. The highest BCUT2D eigenvalue weighted by Crippen LogP contribution is 2.30. The second-order valence-electron chi connectivity index (χ2n) is 7.16. The summed E-state index contributed by atoms with van der Waals surface area (Å²) in [4.78, 5) is 28.5. The molecule has 0 unspecified atom stereocenters. The van der Waals surface area contributed by atoms with Crippen LogP contribution in [-0.2, 0) is 16.0 Å². The molecule has 0 spiro atoms. The predicted octanol–water partition coefficient (Wildman–Crippen LogP) is 3.83. The number of nitriles is 1. The first-order valence-corrected chi connectivity index (χ1v) is 9.74. The molecule has 1 aliphatic rings. The number of aliphatic carboxylic acids is 1. The van der Waals surface area contributed by atoms with Crippen LogP contribution in [0.25, 0.3) is 11.3 Å². The van der Waals surface area contributed by atoms with Crippen LogP contribution in [0.5, 0.6) is 0 Å². The Morgan fingerprint density at radius 1 is 1.24 bits per heavy atom. The number of allylic oxidation sites excluding steroid dienone is 1. The molecule has 1 heterocycles. The fraction of sp³-hybridized carbons (Fsp3) is 0.304. The van der Waals surface area contributed by atoms with E-state index in [0.29, 0.717) is 23.4 Å².